The van der Waals surface area contributed by atoms with E-state index in [1.54, 1.807) is 0 Å². The van der Waals surface area contributed by atoms with Crippen molar-refractivity contribution in [1.29, 1.82) is 0 Å². The number of hydrogen-bond donors (Lipinski definition) is 1. The normalized spacial score (nSPS) is 14.4. The molecule has 0 unspecified atom stereocenters. The van der Waals surface area contributed by atoms with E-state index in [0.29, 0.717) is 5.69 Å². The van der Waals surface area contributed by atoms with Gasteiger partial charge in [0.05, 0.1) is 0 Å². The Hall–Kier alpha value is -1.32. The fourth-order valence-corrected chi connectivity index (χ4v) is 2.19. The number of carbonyl (C=O) groups is 1. The van der Waals surface area contributed by atoms with Crippen LogP contribution in [0.2, 0.25) is 0 Å². The first kappa shape index (κ1) is 12.1. The van der Waals surface area contributed by atoms with Gasteiger partial charge in [0.25, 0.3) is 5.91 Å². The molecule has 4 nitrogen and oxygen atoms in total. The molecule has 0 saturated carbocycles. The summed E-state index contributed by atoms with van der Waals surface area (Å²) in [7, 11) is 0. The lowest BCUT2D eigenvalue weighted by Crippen LogP contribution is -2.24. The molecule has 4 heteroatoms. The lowest BCUT2D eigenvalue weighted by molar-refractivity contribution is 0.0948. The van der Waals surface area contributed by atoms with Gasteiger partial charge in [-0.2, -0.15) is 0 Å². The number of nitrogens with zero attached hydrogens (tertiary/aromatic N) is 2. The van der Waals surface area contributed by atoms with E-state index < -0.39 is 0 Å². The molecule has 2 rings (SSSR count). The predicted octanol–water partition coefficient (Wildman–Crippen LogP) is 2.14. The third kappa shape index (κ3) is 3.08. The molecule has 0 saturated heterocycles. The minimum atomic E-state index is -0.0250. The summed E-state index contributed by atoms with van der Waals surface area (Å²) in [6.07, 6.45) is 8.67. The molecule has 0 bridgehead atoms. The Morgan fingerprint density at radius 2 is 2.35 bits per heavy atom. The molecule has 0 fully saturated rings. The number of aromatic nitrogens is 2. The Labute approximate surface area is 102 Å². The SMILES string of the molecule is CCCCCNC(=O)c1cn2c(n1)CCCC2. The summed E-state index contributed by atoms with van der Waals surface area (Å²) < 4.78 is 2.12. The quantitative estimate of drug-likeness (QED) is 0.795. The monoisotopic (exact) mass is 235 g/mol. The number of carbonyl (C=O) groups excluding carboxylic acids is 1. The lowest BCUT2D eigenvalue weighted by atomic mass is 10.2. The fourth-order valence-electron chi connectivity index (χ4n) is 2.19. The minimum absolute atomic E-state index is 0.0250. The van der Waals surface area contributed by atoms with E-state index in [1.807, 2.05) is 6.20 Å². The molecule has 1 aromatic heterocycles. The zero-order valence-corrected chi connectivity index (χ0v) is 10.5. The Morgan fingerprint density at radius 3 is 3.12 bits per heavy atom. The molecule has 0 atom stereocenters. The summed E-state index contributed by atoms with van der Waals surface area (Å²) in [4.78, 5) is 16.2. The Morgan fingerprint density at radius 1 is 1.47 bits per heavy atom. The average Bonchev–Trinajstić information content (AvgIpc) is 2.78. The van der Waals surface area contributed by atoms with E-state index in [0.717, 1.165) is 31.8 Å². The van der Waals surface area contributed by atoms with Crippen LogP contribution in [0, 0.1) is 0 Å². The van der Waals surface area contributed by atoms with Gasteiger partial charge in [0.15, 0.2) is 0 Å². The molecule has 1 aliphatic heterocycles. The molecule has 0 aromatic carbocycles. The Balaban J connectivity index is 1.88. The molecule has 1 amide bonds. The maximum Gasteiger partial charge on any atom is 0.271 e. The fraction of sp³-hybridized carbons (Fsp3) is 0.692. The van der Waals surface area contributed by atoms with Crippen LogP contribution in [0.25, 0.3) is 0 Å². The van der Waals surface area contributed by atoms with Gasteiger partial charge in [-0.1, -0.05) is 19.8 Å². The average molecular weight is 235 g/mol. The van der Waals surface area contributed by atoms with Gasteiger partial charge in [0, 0.05) is 25.7 Å². The third-order valence-corrected chi connectivity index (χ3v) is 3.21. The van der Waals surface area contributed by atoms with Gasteiger partial charge in [0.1, 0.15) is 11.5 Å². The second-order valence-electron chi connectivity index (χ2n) is 4.66. The summed E-state index contributed by atoms with van der Waals surface area (Å²) in [5.41, 5.74) is 0.582. The number of aryl methyl sites for hydroxylation is 2. The van der Waals surface area contributed by atoms with Gasteiger partial charge in [-0.15, -0.1) is 0 Å². The standard InChI is InChI=1S/C13H21N3O/c1-2-3-5-8-14-13(17)11-10-16-9-6-4-7-12(16)15-11/h10H,2-9H2,1H3,(H,14,17). The van der Waals surface area contributed by atoms with Crippen LogP contribution in [0.1, 0.15) is 55.3 Å². The topological polar surface area (TPSA) is 46.9 Å². The number of fused-ring (bicyclic) bond motifs is 1. The van der Waals surface area contributed by atoms with Crippen molar-refractivity contribution in [1.82, 2.24) is 14.9 Å². The first-order valence-corrected chi connectivity index (χ1v) is 6.65. The van der Waals surface area contributed by atoms with Crippen molar-refractivity contribution in [3.05, 3.63) is 17.7 Å². The van der Waals surface area contributed by atoms with Gasteiger partial charge < -0.3 is 9.88 Å². The largest absolute Gasteiger partial charge is 0.351 e. The van der Waals surface area contributed by atoms with Gasteiger partial charge in [-0.25, -0.2) is 4.98 Å². The molecule has 0 spiro atoms. The summed E-state index contributed by atoms with van der Waals surface area (Å²) in [5.74, 6) is 1.04. The highest BCUT2D eigenvalue weighted by Crippen LogP contribution is 2.14. The molecule has 2 heterocycles. The number of rotatable bonds is 5. The number of nitrogens with one attached hydrogen (secondary N) is 1. The van der Waals surface area contributed by atoms with Crippen molar-refractivity contribution in [2.75, 3.05) is 6.54 Å². The van der Waals surface area contributed by atoms with E-state index in [1.165, 1.54) is 25.7 Å². The molecule has 1 aliphatic rings. The van der Waals surface area contributed by atoms with E-state index in [-0.39, 0.29) is 5.91 Å². The van der Waals surface area contributed by atoms with Crippen molar-refractivity contribution < 1.29 is 4.79 Å². The molecule has 0 aliphatic carbocycles. The van der Waals surface area contributed by atoms with Crippen LogP contribution < -0.4 is 5.32 Å². The summed E-state index contributed by atoms with van der Waals surface area (Å²) in [6, 6.07) is 0. The minimum Gasteiger partial charge on any atom is -0.351 e. The first-order valence-electron chi connectivity index (χ1n) is 6.65. The van der Waals surface area contributed by atoms with Crippen molar-refractivity contribution >= 4 is 5.91 Å². The summed E-state index contributed by atoms with van der Waals surface area (Å²) >= 11 is 0. The highest BCUT2D eigenvalue weighted by Gasteiger charge is 2.15. The Bertz CT molecular complexity index is 361. The number of imidazole rings is 1. The summed E-state index contributed by atoms with van der Waals surface area (Å²) in [6.45, 7) is 3.92. The molecular formula is C13H21N3O. The molecule has 17 heavy (non-hydrogen) atoms. The molecule has 1 aromatic rings. The highest BCUT2D eigenvalue weighted by molar-refractivity contribution is 5.92. The van der Waals surface area contributed by atoms with E-state index >= 15 is 0 Å². The zero-order valence-electron chi connectivity index (χ0n) is 10.5. The maximum absolute atomic E-state index is 11.8. The van der Waals surface area contributed by atoms with Gasteiger partial charge in [-0.05, 0) is 19.3 Å². The molecule has 94 valence electrons. The number of unbranched alkanes of at least 4 members (excludes halogenated alkanes) is 2. The van der Waals surface area contributed by atoms with Crippen LogP contribution >= 0.6 is 0 Å². The van der Waals surface area contributed by atoms with Crippen LogP contribution in [-0.4, -0.2) is 22.0 Å². The highest BCUT2D eigenvalue weighted by atomic mass is 16.1. The van der Waals surface area contributed by atoms with Crippen molar-refractivity contribution in [3.63, 3.8) is 0 Å². The van der Waals surface area contributed by atoms with Crippen LogP contribution in [0.3, 0.4) is 0 Å². The maximum atomic E-state index is 11.8. The van der Waals surface area contributed by atoms with Crippen molar-refractivity contribution in [3.8, 4) is 0 Å². The van der Waals surface area contributed by atoms with E-state index in [2.05, 4.69) is 21.8 Å². The predicted molar refractivity (Wildman–Crippen MR) is 67.0 cm³/mol. The second-order valence-corrected chi connectivity index (χ2v) is 4.66. The van der Waals surface area contributed by atoms with Crippen molar-refractivity contribution in [2.24, 2.45) is 0 Å². The van der Waals surface area contributed by atoms with E-state index in [9.17, 15) is 4.79 Å². The molecule has 0 radical (unpaired) electrons. The van der Waals surface area contributed by atoms with E-state index in [4.69, 9.17) is 0 Å². The van der Waals surface area contributed by atoms with Gasteiger partial charge in [0.2, 0.25) is 0 Å². The van der Waals surface area contributed by atoms with Gasteiger partial charge in [-0.3, -0.25) is 4.79 Å². The van der Waals surface area contributed by atoms with Gasteiger partial charge >= 0.3 is 0 Å². The van der Waals surface area contributed by atoms with Crippen LogP contribution in [-0.2, 0) is 13.0 Å². The smallest absolute Gasteiger partial charge is 0.271 e. The van der Waals surface area contributed by atoms with Crippen molar-refractivity contribution in [2.45, 2.75) is 52.0 Å². The summed E-state index contributed by atoms with van der Waals surface area (Å²) in [5, 5.41) is 2.93. The zero-order chi connectivity index (χ0) is 12.1. The lowest BCUT2D eigenvalue weighted by Gasteiger charge is -2.11. The number of hydrogen-bond acceptors (Lipinski definition) is 2. The number of amides is 1. The van der Waals surface area contributed by atoms with Crippen LogP contribution in [0.5, 0.6) is 0 Å². The van der Waals surface area contributed by atoms with Crippen LogP contribution in [0.4, 0.5) is 0 Å². The third-order valence-electron chi connectivity index (χ3n) is 3.21. The Kier molecular flexibility index (Phi) is 4.18. The first-order chi connectivity index (χ1) is 8.31. The molecular weight excluding hydrogens is 214 g/mol. The molecule has 1 N–H and O–H groups in total. The second kappa shape index (κ2) is 5.84. The van der Waals surface area contributed by atoms with Crippen LogP contribution in [0.15, 0.2) is 6.20 Å².